The molecule has 1 unspecified atom stereocenters. The zero-order valence-electron chi connectivity index (χ0n) is 14.2. The molecule has 0 aliphatic heterocycles. The maximum atomic E-state index is 10.6. The van der Waals surface area contributed by atoms with E-state index in [0.717, 1.165) is 12.8 Å². The highest BCUT2D eigenvalue weighted by Gasteiger charge is 2.00. The summed E-state index contributed by atoms with van der Waals surface area (Å²) in [5, 5.41) is 0.394. The van der Waals surface area contributed by atoms with Crippen LogP contribution in [0.2, 0.25) is 0 Å². The van der Waals surface area contributed by atoms with Crippen LogP contribution in [0.25, 0.3) is 0 Å². The molecule has 21 heavy (non-hydrogen) atoms. The van der Waals surface area contributed by atoms with Crippen LogP contribution in [0.4, 0.5) is 0 Å². The minimum atomic E-state index is -0.161. The van der Waals surface area contributed by atoms with E-state index in [-0.39, 0.29) is 5.97 Å². The van der Waals surface area contributed by atoms with E-state index in [2.05, 4.69) is 6.92 Å². The molecule has 1 atom stereocenters. The fraction of sp³-hybridized carbons (Fsp3) is 0.944. The monoisotopic (exact) mass is 318 g/mol. The van der Waals surface area contributed by atoms with Crippen molar-refractivity contribution in [1.82, 2.24) is 0 Å². The molecule has 0 aliphatic rings. The second kappa shape index (κ2) is 16.1. The van der Waals surface area contributed by atoms with Crippen molar-refractivity contribution in [2.45, 2.75) is 103 Å². The lowest BCUT2D eigenvalue weighted by Gasteiger charge is -2.06. The summed E-state index contributed by atoms with van der Waals surface area (Å²) in [6, 6.07) is 0. The molecule has 0 heterocycles. The lowest BCUT2D eigenvalue weighted by Crippen LogP contribution is -2.00. The Hall–Kier alpha value is -0.240. The summed E-state index contributed by atoms with van der Waals surface area (Å²) in [4.78, 5) is 10.6. The van der Waals surface area contributed by atoms with Gasteiger partial charge in [0.05, 0.1) is 6.61 Å². The predicted molar refractivity (Wildman–Crippen MR) is 92.0 cm³/mol. The number of carbonyl (C=O) groups is 1. The number of hydrogen-bond donors (Lipinski definition) is 0. The van der Waals surface area contributed by atoms with Gasteiger partial charge in [-0.25, -0.2) is 0 Å². The van der Waals surface area contributed by atoms with E-state index >= 15 is 0 Å². The molecule has 0 aromatic carbocycles. The SMILES string of the molecule is CCC(Cl)CCCCCCCCCCCCCOC(C)=O. The van der Waals surface area contributed by atoms with Gasteiger partial charge in [-0.05, 0) is 19.3 Å². The Labute approximate surface area is 137 Å². The Morgan fingerprint density at radius 3 is 1.71 bits per heavy atom. The van der Waals surface area contributed by atoms with Gasteiger partial charge in [0.2, 0.25) is 0 Å². The molecule has 0 N–H and O–H groups in total. The van der Waals surface area contributed by atoms with E-state index in [1.165, 1.54) is 77.6 Å². The smallest absolute Gasteiger partial charge is 0.302 e. The molecule has 0 fully saturated rings. The summed E-state index contributed by atoms with van der Waals surface area (Å²) >= 11 is 6.10. The summed E-state index contributed by atoms with van der Waals surface area (Å²) in [6.07, 6.45) is 16.6. The fourth-order valence-corrected chi connectivity index (χ4v) is 2.63. The lowest BCUT2D eigenvalue weighted by molar-refractivity contribution is -0.141. The Kier molecular flexibility index (Phi) is 16.0. The molecular weight excluding hydrogens is 284 g/mol. The van der Waals surface area contributed by atoms with Crippen LogP contribution in [0, 0.1) is 0 Å². The lowest BCUT2D eigenvalue weighted by atomic mass is 10.0. The van der Waals surface area contributed by atoms with Crippen LogP contribution in [0.5, 0.6) is 0 Å². The molecule has 0 aliphatic carbocycles. The number of hydrogen-bond acceptors (Lipinski definition) is 2. The summed E-state index contributed by atoms with van der Waals surface area (Å²) in [5.41, 5.74) is 0. The summed E-state index contributed by atoms with van der Waals surface area (Å²) < 4.78 is 4.91. The molecule has 0 saturated heterocycles. The maximum Gasteiger partial charge on any atom is 0.302 e. The molecule has 0 spiro atoms. The van der Waals surface area contributed by atoms with Crippen LogP contribution in [-0.2, 0) is 9.53 Å². The molecular formula is C18H35ClO2. The number of alkyl halides is 1. The molecule has 0 bridgehead atoms. The molecule has 126 valence electrons. The first-order valence-corrected chi connectivity index (χ1v) is 9.38. The van der Waals surface area contributed by atoms with Crippen LogP contribution in [0.15, 0.2) is 0 Å². The van der Waals surface area contributed by atoms with Crippen LogP contribution < -0.4 is 0 Å². The average molecular weight is 319 g/mol. The van der Waals surface area contributed by atoms with E-state index in [1.54, 1.807) is 0 Å². The van der Waals surface area contributed by atoms with E-state index < -0.39 is 0 Å². The van der Waals surface area contributed by atoms with Gasteiger partial charge >= 0.3 is 5.97 Å². The highest BCUT2D eigenvalue weighted by Crippen LogP contribution is 2.15. The van der Waals surface area contributed by atoms with Gasteiger partial charge in [0.1, 0.15) is 0 Å². The van der Waals surface area contributed by atoms with Gasteiger partial charge in [-0.15, -0.1) is 11.6 Å². The van der Waals surface area contributed by atoms with Gasteiger partial charge in [-0.2, -0.15) is 0 Å². The van der Waals surface area contributed by atoms with Crippen molar-refractivity contribution in [2.75, 3.05) is 6.61 Å². The number of unbranched alkanes of at least 4 members (excludes halogenated alkanes) is 10. The second-order valence-electron chi connectivity index (χ2n) is 6.02. The van der Waals surface area contributed by atoms with Gasteiger partial charge in [0.15, 0.2) is 0 Å². The first-order chi connectivity index (χ1) is 10.2. The molecule has 0 rings (SSSR count). The molecule has 2 nitrogen and oxygen atoms in total. The first-order valence-electron chi connectivity index (χ1n) is 8.94. The van der Waals surface area contributed by atoms with Crippen molar-refractivity contribution in [3.8, 4) is 0 Å². The third-order valence-corrected chi connectivity index (χ3v) is 4.44. The molecule has 3 heteroatoms. The van der Waals surface area contributed by atoms with Crippen molar-refractivity contribution in [1.29, 1.82) is 0 Å². The highest BCUT2D eigenvalue weighted by atomic mass is 35.5. The number of carbonyl (C=O) groups excluding carboxylic acids is 1. The third kappa shape index (κ3) is 17.7. The third-order valence-electron chi connectivity index (χ3n) is 3.91. The largest absolute Gasteiger partial charge is 0.466 e. The Balaban J connectivity index is 3.01. The highest BCUT2D eigenvalue weighted by molar-refractivity contribution is 6.20. The molecule has 0 saturated carbocycles. The van der Waals surface area contributed by atoms with Crippen LogP contribution in [-0.4, -0.2) is 18.0 Å². The number of ether oxygens (including phenoxy) is 1. The Bertz CT molecular complexity index is 231. The summed E-state index contributed by atoms with van der Waals surface area (Å²) in [5.74, 6) is -0.161. The average Bonchev–Trinajstić information content (AvgIpc) is 2.46. The Morgan fingerprint density at radius 1 is 0.857 bits per heavy atom. The fourth-order valence-electron chi connectivity index (χ4n) is 2.48. The zero-order chi connectivity index (χ0) is 15.8. The minimum Gasteiger partial charge on any atom is -0.466 e. The number of esters is 1. The number of rotatable bonds is 15. The first kappa shape index (κ1) is 20.8. The van der Waals surface area contributed by atoms with E-state index in [9.17, 15) is 4.79 Å². The van der Waals surface area contributed by atoms with E-state index in [4.69, 9.17) is 16.3 Å². The molecule has 0 amide bonds. The van der Waals surface area contributed by atoms with Crippen molar-refractivity contribution >= 4 is 17.6 Å². The van der Waals surface area contributed by atoms with Gasteiger partial charge in [0.25, 0.3) is 0 Å². The molecule has 0 aromatic rings. The van der Waals surface area contributed by atoms with Gasteiger partial charge < -0.3 is 4.74 Å². The predicted octanol–water partition coefficient (Wildman–Crippen LogP) is 6.25. The van der Waals surface area contributed by atoms with E-state index in [0.29, 0.717) is 12.0 Å². The van der Waals surface area contributed by atoms with Gasteiger partial charge in [0, 0.05) is 12.3 Å². The van der Waals surface area contributed by atoms with Crippen molar-refractivity contribution in [2.24, 2.45) is 0 Å². The number of halogens is 1. The van der Waals surface area contributed by atoms with Crippen LogP contribution >= 0.6 is 11.6 Å². The topological polar surface area (TPSA) is 26.3 Å². The van der Waals surface area contributed by atoms with Gasteiger partial charge in [-0.3, -0.25) is 4.79 Å². The van der Waals surface area contributed by atoms with Crippen LogP contribution in [0.1, 0.15) is 97.3 Å². The van der Waals surface area contributed by atoms with Crippen molar-refractivity contribution in [3.63, 3.8) is 0 Å². The van der Waals surface area contributed by atoms with Crippen LogP contribution in [0.3, 0.4) is 0 Å². The molecule has 0 radical (unpaired) electrons. The van der Waals surface area contributed by atoms with Gasteiger partial charge in [-0.1, -0.05) is 71.1 Å². The van der Waals surface area contributed by atoms with Crippen molar-refractivity contribution < 1.29 is 9.53 Å². The molecule has 0 aromatic heterocycles. The zero-order valence-corrected chi connectivity index (χ0v) is 14.9. The van der Waals surface area contributed by atoms with Crippen molar-refractivity contribution in [3.05, 3.63) is 0 Å². The van der Waals surface area contributed by atoms with E-state index in [1.807, 2.05) is 0 Å². The standard InChI is InChI=1S/C18H35ClO2/c1-3-18(19)15-13-11-9-7-5-4-6-8-10-12-14-16-21-17(2)20/h18H,3-16H2,1-2H3. The normalized spacial score (nSPS) is 12.3. The minimum absolute atomic E-state index is 0.161. The maximum absolute atomic E-state index is 10.6. The summed E-state index contributed by atoms with van der Waals surface area (Å²) in [6.45, 7) is 4.22. The Morgan fingerprint density at radius 2 is 1.29 bits per heavy atom. The quantitative estimate of drug-likeness (QED) is 0.203. The second-order valence-corrected chi connectivity index (χ2v) is 6.64. The summed E-state index contributed by atoms with van der Waals surface area (Å²) in [7, 11) is 0.